The highest BCUT2D eigenvalue weighted by Crippen LogP contribution is 2.48. The highest BCUT2D eigenvalue weighted by Gasteiger charge is 2.62. The van der Waals surface area contributed by atoms with Gasteiger partial charge in [0.1, 0.15) is 6.10 Å². The van der Waals surface area contributed by atoms with Gasteiger partial charge in [0, 0.05) is 0 Å². The molecule has 10 heteroatoms. The number of aliphatic hydroxyl groups is 1. The van der Waals surface area contributed by atoms with Crippen LogP contribution in [0, 0.1) is 11.8 Å². The fraction of sp³-hybridized carbons (Fsp3) is 0.909. The van der Waals surface area contributed by atoms with E-state index in [4.69, 9.17) is 9.99 Å². The molecule has 2 saturated carbocycles. The second-order valence-corrected chi connectivity index (χ2v) is 6.57. The first-order valence-corrected chi connectivity index (χ1v) is 7.06. The normalized spacial score (nSPS) is 34.8. The number of ether oxygens (including phenoxy) is 1. The molecule has 122 valence electrons. The topological polar surface area (TPSA) is 85.2 Å². The molecule has 0 aromatic carbocycles. The molecular weight excluding hydrogens is 317 g/mol. The third-order valence-corrected chi connectivity index (χ3v) is 5.06. The van der Waals surface area contributed by atoms with Crippen molar-refractivity contribution in [3.05, 3.63) is 0 Å². The summed E-state index contributed by atoms with van der Waals surface area (Å²) in [5, 5.41) is 21.0. The number of alkyl halides is 3. The first kappa shape index (κ1) is 16.8. The van der Waals surface area contributed by atoms with Crippen molar-refractivity contribution >= 4 is 18.0 Å². The SMILES string of the molecule is CC(SOOO)(C(=O)OC1C2CCC(C2)C1O)C(F)(F)F. The third-order valence-electron chi connectivity index (χ3n) is 4.20. The number of aliphatic hydroxyl groups excluding tert-OH is 1. The number of carbonyl (C=O) groups excluding carboxylic acids is 1. The maximum absolute atomic E-state index is 13.0. The number of esters is 1. The average Bonchev–Trinajstić information content (AvgIpc) is 2.98. The van der Waals surface area contributed by atoms with Crippen molar-refractivity contribution in [2.75, 3.05) is 0 Å². The largest absolute Gasteiger partial charge is 0.458 e. The molecule has 5 unspecified atom stereocenters. The summed E-state index contributed by atoms with van der Waals surface area (Å²) in [7, 11) is 0. The maximum Gasteiger partial charge on any atom is 0.415 e. The van der Waals surface area contributed by atoms with Crippen LogP contribution in [0.25, 0.3) is 0 Å². The Balaban J connectivity index is 2.08. The zero-order valence-electron chi connectivity index (χ0n) is 11.0. The van der Waals surface area contributed by atoms with Gasteiger partial charge in [-0.1, -0.05) is 5.04 Å². The number of carbonyl (C=O) groups is 1. The first-order valence-electron chi connectivity index (χ1n) is 6.32. The minimum absolute atomic E-state index is 0.0328. The van der Waals surface area contributed by atoms with Gasteiger partial charge < -0.3 is 9.84 Å². The van der Waals surface area contributed by atoms with Gasteiger partial charge in [0.2, 0.25) is 4.75 Å². The molecule has 2 fully saturated rings. The lowest BCUT2D eigenvalue weighted by Crippen LogP contribution is -2.50. The molecule has 0 aromatic rings. The Morgan fingerprint density at radius 1 is 1.29 bits per heavy atom. The van der Waals surface area contributed by atoms with Gasteiger partial charge in [-0.05, 0) is 38.0 Å². The summed E-state index contributed by atoms with van der Waals surface area (Å²) >= 11 is -0.410. The van der Waals surface area contributed by atoms with Crippen molar-refractivity contribution in [1.29, 1.82) is 0 Å². The molecule has 0 aromatic heterocycles. The zero-order valence-corrected chi connectivity index (χ0v) is 11.8. The average molecular weight is 332 g/mol. The molecule has 2 aliphatic rings. The van der Waals surface area contributed by atoms with Crippen molar-refractivity contribution in [1.82, 2.24) is 0 Å². The van der Waals surface area contributed by atoms with E-state index in [0.717, 1.165) is 6.42 Å². The Labute approximate surface area is 122 Å². The molecule has 0 amide bonds. The van der Waals surface area contributed by atoms with Crippen LogP contribution in [0.1, 0.15) is 26.2 Å². The van der Waals surface area contributed by atoms with Crippen LogP contribution in [0.5, 0.6) is 0 Å². The molecule has 0 saturated heterocycles. The molecule has 2 rings (SSSR count). The monoisotopic (exact) mass is 332 g/mol. The molecule has 2 bridgehead atoms. The molecule has 0 heterocycles. The zero-order chi connectivity index (χ0) is 15.8. The smallest absolute Gasteiger partial charge is 0.415 e. The maximum atomic E-state index is 13.0. The van der Waals surface area contributed by atoms with Gasteiger partial charge in [-0.25, -0.2) is 5.26 Å². The summed E-state index contributed by atoms with van der Waals surface area (Å²) in [4.78, 5) is 11.9. The second-order valence-electron chi connectivity index (χ2n) is 5.45. The van der Waals surface area contributed by atoms with Crippen LogP contribution in [0.4, 0.5) is 13.2 Å². The molecule has 2 N–H and O–H groups in total. The van der Waals surface area contributed by atoms with Gasteiger partial charge in [-0.3, -0.25) is 4.79 Å². The van der Waals surface area contributed by atoms with Gasteiger partial charge in [-0.2, -0.15) is 13.2 Å². The van der Waals surface area contributed by atoms with Crippen molar-refractivity contribution in [3.63, 3.8) is 0 Å². The minimum atomic E-state index is -4.99. The van der Waals surface area contributed by atoms with Gasteiger partial charge >= 0.3 is 12.1 Å². The van der Waals surface area contributed by atoms with E-state index in [-0.39, 0.29) is 11.8 Å². The summed E-state index contributed by atoms with van der Waals surface area (Å²) in [6.07, 6.45) is -4.72. The van der Waals surface area contributed by atoms with Crippen molar-refractivity contribution < 1.29 is 42.4 Å². The molecular formula is C11H15F3O6S. The Bertz CT molecular complexity index is 404. The van der Waals surface area contributed by atoms with Crippen molar-refractivity contribution in [3.8, 4) is 0 Å². The molecule has 5 atom stereocenters. The predicted molar refractivity (Wildman–Crippen MR) is 63.6 cm³/mol. The Kier molecular flexibility index (Phi) is 4.74. The Morgan fingerprint density at radius 3 is 2.38 bits per heavy atom. The highest BCUT2D eigenvalue weighted by atomic mass is 32.2. The van der Waals surface area contributed by atoms with E-state index in [9.17, 15) is 23.1 Å². The predicted octanol–water partition coefficient (Wildman–Crippen LogP) is 2.08. The summed E-state index contributed by atoms with van der Waals surface area (Å²) in [6, 6.07) is 0. The molecule has 21 heavy (non-hydrogen) atoms. The van der Waals surface area contributed by atoms with E-state index in [0.29, 0.717) is 19.8 Å². The van der Waals surface area contributed by atoms with E-state index in [1.807, 2.05) is 0 Å². The van der Waals surface area contributed by atoms with Crippen LogP contribution in [-0.2, 0) is 18.9 Å². The van der Waals surface area contributed by atoms with Gasteiger partial charge in [-0.15, -0.1) is 4.33 Å². The molecule has 0 spiro atoms. The summed E-state index contributed by atoms with van der Waals surface area (Å²) < 4.78 is 44.7. The molecule has 6 nitrogen and oxygen atoms in total. The van der Waals surface area contributed by atoms with Gasteiger partial charge in [0.25, 0.3) is 0 Å². The number of rotatable bonds is 5. The Morgan fingerprint density at radius 2 is 1.90 bits per heavy atom. The second kappa shape index (κ2) is 5.92. The summed E-state index contributed by atoms with van der Waals surface area (Å²) in [6.45, 7) is 0.554. The first-order chi connectivity index (χ1) is 9.70. The summed E-state index contributed by atoms with van der Waals surface area (Å²) in [5.74, 6) is -1.74. The van der Waals surface area contributed by atoms with E-state index < -0.39 is 41.1 Å². The third kappa shape index (κ3) is 3.00. The molecule has 0 aliphatic heterocycles. The van der Waals surface area contributed by atoms with Crippen LogP contribution in [0.15, 0.2) is 0 Å². The van der Waals surface area contributed by atoms with Crippen molar-refractivity contribution in [2.45, 2.75) is 49.3 Å². The van der Waals surface area contributed by atoms with Crippen LogP contribution in [0.3, 0.4) is 0 Å². The fourth-order valence-electron chi connectivity index (χ4n) is 2.89. The number of fused-ring (bicyclic) bond motifs is 2. The standard InChI is InChI=1S/C11H15F3O6S/c1-10(11(12,13)14,21-20-19-17)9(16)18-8-6-3-2-5(4-6)7(8)15/h5-8,15,17H,2-4H2,1H3. The van der Waals surface area contributed by atoms with E-state index in [1.165, 1.54) is 0 Å². The lowest BCUT2D eigenvalue weighted by Gasteiger charge is -2.32. The lowest BCUT2D eigenvalue weighted by atomic mass is 9.94. The van der Waals surface area contributed by atoms with E-state index >= 15 is 0 Å². The summed E-state index contributed by atoms with van der Waals surface area (Å²) in [5.41, 5.74) is 0. The fourth-order valence-corrected chi connectivity index (χ4v) is 3.27. The number of hydrogen-bond acceptors (Lipinski definition) is 7. The van der Waals surface area contributed by atoms with E-state index in [2.05, 4.69) is 9.37 Å². The van der Waals surface area contributed by atoms with Crippen molar-refractivity contribution in [2.24, 2.45) is 11.8 Å². The van der Waals surface area contributed by atoms with Crippen LogP contribution < -0.4 is 0 Å². The van der Waals surface area contributed by atoms with Crippen LogP contribution in [0.2, 0.25) is 0 Å². The Hall–Kier alpha value is -0.550. The lowest BCUT2D eigenvalue weighted by molar-refractivity contribution is -0.433. The molecule has 2 aliphatic carbocycles. The quantitative estimate of drug-likeness (QED) is 0.345. The van der Waals surface area contributed by atoms with Gasteiger partial charge in [0.05, 0.1) is 18.1 Å². The van der Waals surface area contributed by atoms with Crippen LogP contribution in [-0.4, -0.2) is 39.5 Å². The van der Waals surface area contributed by atoms with Crippen LogP contribution >= 0.6 is 12.0 Å². The number of hydrogen-bond donors (Lipinski definition) is 2. The molecule has 0 radical (unpaired) electrons. The minimum Gasteiger partial charge on any atom is -0.458 e. The van der Waals surface area contributed by atoms with Gasteiger partial charge in [0.15, 0.2) is 0 Å². The highest BCUT2D eigenvalue weighted by molar-refractivity contribution is 7.96. The van der Waals surface area contributed by atoms with E-state index in [1.54, 1.807) is 0 Å². The number of halogens is 3.